The van der Waals surface area contributed by atoms with Crippen molar-refractivity contribution in [1.29, 1.82) is 0 Å². The molecule has 0 bridgehead atoms. The highest BCUT2D eigenvalue weighted by Crippen LogP contribution is 2.11. The molecule has 162 valence electrons. The number of aliphatic imine (C=N–C) groups is 1. The first-order chi connectivity index (χ1) is 14.7. The molecule has 2 aromatic rings. The van der Waals surface area contributed by atoms with E-state index in [1.807, 2.05) is 48.5 Å². The van der Waals surface area contributed by atoms with Crippen LogP contribution in [0.5, 0.6) is 5.75 Å². The summed E-state index contributed by atoms with van der Waals surface area (Å²) in [6.45, 7) is 2.76. The normalized spacial score (nSPS) is 11.1. The van der Waals surface area contributed by atoms with Crippen molar-refractivity contribution in [2.75, 3.05) is 40.9 Å². The molecule has 1 amide bonds. The zero-order valence-electron chi connectivity index (χ0n) is 18.0. The Balaban J connectivity index is 1.60. The van der Waals surface area contributed by atoms with Crippen LogP contribution in [0.15, 0.2) is 53.5 Å². The molecule has 0 saturated heterocycles. The third-order valence-electron chi connectivity index (χ3n) is 4.53. The smallest absolute Gasteiger partial charge is 0.251 e. The van der Waals surface area contributed by atoms with Crippen LogP contribution in [-0.2, 0) is 17.8 Å². The second kappa shape index (κ2) is 13.2. The molecule has 7 heteroatoms. The molecule has 30 heavy (non-hydrogen) atoms. The van der Waals surface area contributed by atoms with E-state index in [1.54, 1.807) is 21.2 Å². The largest absolute Gasteiger partial charge is 0.497 e. The summed E-state index contributed by atoms with van der Waals surface area (Å²) in [5.41, 5.74) is 2.90. The van der Waals surface area contributed by atoms with Gasteiger partial charge in [0.2, 0.25) is 0 Å². The van der Waals surface area contributed by atoms with Crippen molar-refractivity contribution in [3.63, 3.8) is 0 Å². The van der Waals surface area contributed by atoms with Gasteiger partial charge in [-0.3, -0.25) is 9.79 Å². The molecule has 0 fully saturated rings. The first kappa shape index (κ1) is 23.2. The van der Waals surface area contributed by atoms with Crippen molar-refractivity contribution >= 4 is 11.9 Å². The third kappa shape index (κ3) is 8.13. The molecule has 2 rings (SSSR count). The number of ether oxygens (including phenoxy) is 2. The van der Waals surface area contributed by atoms with Gasteiger partial charge in [-0.15, -0.1) is 0 Å². The number of benzene rings is 2. The van der Waals surface area contributed by atoms with E-state index in [-0.39, 0.29) is 5.91 Å². The van der Waals surface area contributed by atoms with E-state index in [2.05, 4.69) is 20.9 Å². The van der Waals surface area contributed by atoms with Crippen molar-refractivity contribution in [1.82, 2.24) is 16.0 Å². The van der Waals surface area contributed by atoms with E-state index < -0.39 is 0 Å². The fourth-order valence-electron chi connectivity index (χ4n) is 2.85. The summed E-state index contributed by atoms with van der Waals surface area (Å²) in [6.07, 6.45) is 1.68. The standard InChI is InChI=1S/C23H32N4O3/c1-24-22(28)20-7-4-6-18(16-20)12-14-27-23(25-2)26-13-5-15-30-17-19-8-10-21(29-3)11-9-19/h4,6-11,16H,5,12-15,17H2,1-3H3,(H,24,28)(H2,25,26,27). The number of carbonyl (C=O) groups excluding carboxylic acids is 1. The fraction of sp³-hybridized carbons (Fsp3) is 0.391. The number of guanidine groups is 1. The first-order valence-electron chi connectivity index (χ1n) is 10.1. The van der Waals surface area contributed by atoms with E-state index >= 15 is 0 Å². The van der Waals surface area contributed by atoms with Crippen LogP contribution in [0.1, 0.15) is 27.9 Å². The highest BCUT2D eigenvalue weighted by molar-refractivity contribution is 5.94. The molecule has 2 aromatic carbocycles. The van der Waals surface area contributed by atoms with Gasteiger partial charge < -0.3 is 25.4 Å². The number of rotatable bonds is 11. The first-order valence-corrected chi connectivity index (χ1v) is 10.1. The van der Waals surface area contributed by atoms with E-state index in [0.29, 0.717) is 18.8 Å². The summed E-state index contributed by atoms with van der Waals surface area (Å²) in [5.74, 6) is 1.53. The number of nitrogens with one attached hydrogen (secondary N) is 3. The Labute approximate surface area is 178 Å². The SMILES string of the molecule is CN=C(NCCCOCc1ccc(OC)cc1)NCCc1cccc(C(=O)NC)c1. The maximum atomic E-state index is 11.7. The monoisotopic (exact) mass is 412 g/mol. The van der Waals surface area contributed by atoms with Crippen molar-refractivity contribution in [2.45, 2.75) is 19.4 Å². The second-order valence-corrected chi connectivity index (χ2v) is 6.71. The van der Waals surface area contributed by atoms with Crippen molar-refractivity contribution in [3.8, 4) is 5.75 Å². The minimum absolute atomic E-state index is 0.0727. The zero-order chi connectivity index (χ0) is 21.6. The van der Waals surface area contributed by atoms with Gasteiger partial charge in [0, 0.05) is 39.4 Å². The Morgan fingerprint density at radius 3 is 2.50 bits per heavy atom. The molecular weight excluding hydrogens is 380 g/mol. The summed E-state index contributed by atoms with van der Waals surface area (Å²) in [7, 11) is 5.05. The molecule has 0 radical (unpaired) electrons. The van der Waals surface area contributed by atoms with Crippen molar-refractivity contribution < 1.29 is 14.3 Å². The van der Waals surface area contributed by atoms with E-state index in [1.165, 1.54) is 0 Å². The molecule has 0 saturated carbocycles. The molecule has 0 unspecified atom stereocenters. The molecule has 0 aromatic heterocycles. The van der Waals surface area contributed by atoms with Crippen LogP contribution in [0.25, 0.3) is 0 Å². The Morgan fingerprint density at radius 2 is 1.80 bits per heavy atom. The second-order valence-electron chi connectivity index (χ2n) is 6.71. The number of methoxy groups -OCH3 is 1. The van der Waals surface area contributed by atoms with Gasteiger partial charge in [-0.25, -0.2) is 0 Å². The van der Waals surface area contributed by atoms with Gasteiger partial charge in [0.1, 0.15) is 5.75 Å². The topological polar surface area (TPSA) is 84.0 Å². The van der Waals surface area contributed by atoms with Gasteiger partial charge in [0.15, 0.2) is 5.96 Å². The van der Waals surface area contributed by atoms with Crippen LogP contribution in [0.2, 0.25) is 0 Å². The third-order valence-corrected chi connectivity index (χ3v) is 4.53. The van der Waals surface area contributed by atoms with Crippen LogP contribution in [-0.4, -0.2) is 52.8 Å². The van der Waals surface area contributed by atoms with Crippen molar-refractivity contribution in [3.05, 3.63) is 65.2 Å². The lowest BCUT2D eigenvalue weighted by atomic mass is 10.1. The lowest BCUT2D eigenvalue weighted by Gasteiger charge is -2.12. The average Bonchev–Trinajstić information content (AvgIpc) is 2.80. The zero-order valence-corrected chi connectivity index (χ0v) is 18.0. The van der Waals surface area contributed by atoms with Gasteiger partial charge in [-0.1, -0.05) is 24.3 Å². The van der Waals surface area contributed by atoms with Gasteiger partial charge in [0.25, 0.3) is 5.91 Å². The molecular formula is C23H32N4O3. The van der Waals surface area contributed by atoms with Gasteiger partial charge in [-0.2, -0.15) is 0 Å². The summed E-state index contributed by atoms with van der Waals surface area (Å²) < 4.78 is 10.9. The number of hydrogen-bond acceptors (Lipinski definition) is 4. The van der Waals surface area contributed by atoms with E-state index in [9.17, 15) is 4.79 Å². The molecule has 0 atom stereocenters. The molecule has 0 aliphatic heterocycles. The van der Waals surface area contributed by atoms with Crippen LogP contribution in [0.3, 0.4) is 0 Å². The van der Waals surface area contributed by atoms with E-state index in [4.69, 9.17) is 9.47 Å². The van der Waals surface area contributed by atoms with Crippen LogP contribution >= 0.6 is 0 Å². The van der Waals surface area contributed by atoms with Crippen LogP contribution in [0, 0.1) is 0 Å². The van der Waals surface area contributed by atoms with Gasteiger partial charge in [-0.05, 0) is 48.2 Å². The highest BCUT2D eigenvalue weighted by atomic mass is 16.5. The maximum absolute atomic E-state index is 11.7. The lowest BCUT2D eigenvalue weighted by Crippen LogP contribution is -2.39. The Hall–Kier alpha value is -3.06. The molecule has 0 aliphatic carbocycles. The Kier molecular flexibility index (Phi) is 10.2. The molecule has 0 heterocycles. The quantitative estimate of drug-likeness (QED) is 0.300. The minimum Gasteiger partial charge on any atom is -0.497 e. The summed E-state index contributed by atoms with van der Waals surface area (Å²) in [4.78, 5) is 16.0. The molecule has 7 nitrogen and oxygen atoms in total. The number of hydrogen-bond donors (Lipinski definition) is 3. The Morgan fingerprint density at radius 1 is 1.03 bits per heavy atom. The predicted octanol–water partition coefficient (Wildman–Crippen LogP) is 2.37. The molecule has 0 spiro atoms. The number of amides is 1. The van der Waals surface area contributed by atoms with Gasteiger partial charge >= 0.3 is 0 Å². The molecule has 0 aliphatic rings. The fourth-order valence-corrected chi connectivity index (χ4v) is 2.85. The van der Waals surface area contributed by atoms with Crippen LogP contribution < -0.4 is 20.7 Å². The number of carbonyl (C=O) groups is 1. The summed E-state index contributed by atoms with van der Waals surface area (Å²) in [5, 5.41) is 9.22. The summed E-state index contributed by atoms with van der Waals surface area (Å²) >= 11 is 0. The van der Waals surface area contributed by atoms with Gasteiger partial charge in [0.05, 0.1) is 13.7 Å². The average molecular weight is 413 g/mol. The molecule has 3 N–H and O–H groups in total. The van der Waals surface area contributed by atoms with Crippen molar-refractivity contribution in [2.24, 2.45) is 4.99 Å². The van der Waals surface area contributed by atoms with E-state index in [0.717, 1.165) is 48.8 Å². The Bertz CT molecular complexity index is 806. The summed E-state index contributed by atoms with van der Waals surface area (Å²) in [6, 6.07) is 15.5. The van der Waals surface area contributed by atoms with Crippen LogP contribution in [0.4, 0.5) is 0 Å². The number of nitrogens with zero attached hydrogens (tertiary/aromatic N) is 1. The maximum Gasteiger partial charge on any atom is 0.251 e. The minimum atomic E-state index is -0.0727. The lowest BCUT2D eigenvalue weighted by molar-refractivity contribution is 0.0963. The predicted molar refractivity (Wildman–Crippen MR) is 120 cm³/mol. The highest BCUT2D eigenvalue weighted by Gasteiger charge is 2.04.